The fourth-order valence-corrected chi connectivity index (χ4v) is 2.42. The molecular weight excluding hydrogens is 339 g/mol. The number of hydrogen-bond acceptors (Lipinski definition) is 3. The standard InChI is InChI=1S/C16H16F3N3O3/c1-2-13(23)20-8-14(24)21-11-7-15(25)22(9-11)12-5-3-4-10(6-12)16(17,18)19/h2-6,11H,1,7-9H2,(H,20,23)(H,21,24). The Morgan fingerprint density at radius 3 is 2.72 bits per heavy atom. The molecule has 9 heteroatoms. The third kappa shape index (κ3) is 4.82. The summed E-state index contributed by atoms with van der Waals surface area (Å²) in [7, 11) is 0. The highest BCUT2D eigenvalue weighted by Crippen LogP contribution is 2.32. The van der Waals surface area contributed by atoms with Gasteiger partial charge in [0.15, 0.2) is 0 Å². The van der Waals surface area contributed by atoms with Gasteiger partial charge in [-0.05, 0) is 24.3 Å². The number of rotatable bonds is 5. The number of nitrogens with zero attached hydrogens (tertiary/aromatic N) is 1. The fourth-order valence-electron chi connectivity index (χ4n) is 2.42. The molecule has 1 aromatic carbocycles. The van der Waals surface area contributed by atoms with Crippen molar-refractivity contribution < 1.29 is 27.6 Å². The van der Waals surface area contributed by atoms with Crippen molar-refractivity contribution in [2.75, 3.05) is 18.0 Å². The lowest BCUT2D eigenvalue weighted by atomic mass is 10.2. The van der Waals surface area contributed by atoms with Gasteiger partial charge >= 0.3 is 6.18 Å². The smallest absolute Gasteiger partial charge is 0.350 e. The molecular formula is C16H16F3N3O3. The van der Waals surface area contributed by atoms with Crippen LogP contribution in [0.15, 0.2) is 36.9 Å². The number of nitrogens with one attached hydrogen (secondary N) is 2. The predicted octanol–water partition coefficient (Wildman–Crippen LogP) is 1.23. The molecule has 0 aromatic heterocycles. The van der Waals surface area contributed by atoms with Gasteiger partial charge in [0, 0.05) is 18.7 Å². The van der Waals surface area contributed by atoms with Crippen LogP contribution >= 0.6 is 0 Å². The van der Waals surface area contributed by atoms with Gasteiger partial charge in [0.2, 0.25) is 17.7 Å². The lowest BCUT2D eigenvalue weighted by molar-refractivity contribution is -0.137. The van der Waals surface area contributed by atoms with Crippen LogP contribution in [-0.2, 0) is 20.6 Å². The van der Waals surface area contributed by atoms with Gasteiger partial charge in [-0.3, -0.25) is 14.4 Å². The van der Waals surface area contributed by atoms with Gasteiger partial charge in [0.25, 0.3) is 0 Å². The first-order valence-corrected chi connectivity index (χ1v) is 7.38. The summed E-state index contributed by atoms with van der Waals surface area (Å²) < 4.78 is 38.3. The van der Waals surface area contributed by atoms with Crippen molar-refractivity contribution in [2.24, 2.45) is 0 Å². The highest BCUT2D eigenvalue weighted by Gasteiger charge is 2.34. The van der Waals surface area contributed by atoms with E-state index in [9.17, 15) is 27.6 Å². The number of amides is 3. The number of hydrogen-bond donors (Lipinski definition) is 2. The fraction of sp³-hybridized carbons (Fsp3) is 0.312. The van der Waals surface area contributed by atoms with Crippen LogP contribution in [0.1, 0.15) is 12.0 Å². The Morgan fingerprint density at radius 1 is 1.36 bits per heavy atom. The first-order chi connectivity index (χ1) is 11.7. The van der Waals surface area contributed by atoms with E-state index in [-0.39, 0.29) is 31.1 Å². The molecule has 0 spiro atoms. The second-order valence-electron chi connectivity index (χ2n) is 5.44. The summed E-state index contributed by atoms with van der Waals surface area (Å²) in [6.45, 7) is 3.02. The molecule has 25 heavy (non-hydrogen) atoms. The minimum absolute atomic E-state index is 0.0304. The lowest BCUT2D eigenvalue weighted by Gasteiger charge is -2.18. The average molecular weight is 355 g/mol. The maximum atomic E-state index is 12.8. The Balaban J connectivity index is 1.99. The number of carbonyl (C=O) groups excluding carboxylic acids is 3. The van der Waals surface area contributed by atoms with E-state index in [2.05, 4.69) is 17.2 Å². The number of benzene rings is 1. The SMILES string of the molecule is C=CC(=O)NCC(=O)NC1CC(=O)N(c2cccc(C(F)(F)F)c2)C1. The van der Waals surface area contributed by atoms with Crippen LogP contribution in [0.3, 0.4) is 0 Å². The molecule has 2 rings (SSSR count). The Bertz CT molecular complexity index is 703. The van der Waals surface area contributed by atoms with Crippen molar-refractivity contribution in [1.82, 2.24) is 10.6 Å². The zero-order valence-electron chi connectivity index (χ0n) is 13.1. The maximum absolute atomic E-state index is 12.8. The zero-order valence-corrected chi connectivity index (χ0v) is 13.1. The summed E-state index contributed by atoms with van der Waals surface area (Å²) in [5.74, 6) is -1.40. The molecule has 2 N–H and O–H groups in total. The zero-order chi connectivity index (χ0) is 18.6. The van der Waals surface area contributed by atoms with Crippen LogP contribution in [0.5, 0.6) is 0 Å². The number of halogens is 3. The normalized spacial score (nSPS) is 17.3. The van der Waals surface area contributed by atoms with Gasteiger partial charge in [0.1, 0.15) is 0 Å². The van der Waals surface area contributed by atoms with Crippen LogP contribution < -0.4 is 15.5 Å². The molecule has 134 valence electrons. The van der Waals surface area contributed by atoms with Gasteiger partial charge in [-0.15, -0.1) is 0 Å². The molecule has 3 amide bonds. The molecule has 1 heterocycles. The van der Waals surface area contributed by atoms with Gasteiger partial charge in [-0.1, -0.05) is 12.6 Å². The summed E-state index contributed by atoms with van der Waals surface area (Å²) in [6, 6.07) is 3.90. The summed E-state index contributed by atoms with van der Waals surface area (Å²) in [6.07, 6.45) is -3.52. The van der Waals surface area contributed by atoms with Gasteiger partial charge in [-0.25, -0.2) is 0 Å². The molecule has 6 nitrogen and oxygen atoms in total. The monoisotopic (exact) mass is 355 g/mol. The van der Waals surface area contributed by atoms with Crippen molar-refractivity contribution in [3.8, 4) is 0 Å². The van der Waals surface area contributed by atoms with E-state index in [1.54, 1.807) is 0 Å². The largest absolute Gasteiger partial charge is 0.416 e. The highest BCUT2D eigenvalue weighted by atomic mass is 19.4. The molecule has 1 atom stereocenters. The van der Waals surface area contributed by atoms with Crippen LogP contribution in [0.25, 0.3) is 0 Å². The first kappa shape index (κ1) is 18.5. The summed E-state index contributed by atoms with van der Waals surface area (Å²) in [5.41, 5.74) is -0.728. The molecule has 1 saturated heterocycles. The highest BCUT2D eigenvalue weighted by molar-refractivity contribution is 5.97. The molecule has 1 unspecified atom stereocenters. The number of carbonyl (C=O) groups is 3. The second-order valence-corrected chi connectivity index (χ2v) is 5.44. The summed E-state index contributed by atoms with van der Waals surface area (Å²) in [5, 5.41) is 4.85. The molecule has 1 fully saturated rings. The minimum atomic E-state index is -4.50. The van der Waals surface area contributed by atoms with E-state index < -0.39 is 29.6 Å². The van der Waals surface area contributed by atoms with Crippen molar-refractivity contribution in [3.05, 3.63) is 42.5 Å². The average Bonchev–Trinajstić information content (AvgIpc) is 2.92. The summed E-state index contributed by atoms with van der Waals surface area (Å²) >= 11 is 0. The van der Waals surface area contributed by atoms with E-state index in [0.717, 1.165) is 18.2 Å². The molecule has 0 aliphatic carbocycles. The van der Waals surface area contributed by atoms with E-state index in [1.807, 2.05) is 0 Å². The Kier molecular flexibility index (Phi) is 5.45. The van der Waals surface area contributed by atoms with Crippen molar-refractivity contribution in [1.29, 1.82) is 0 Å². The van der Waals surface area contributed by atoms with Gasteiger partial charge < -0.3 is 15.5 Å². The minimum Gasteiger partial charge on any atom is -0.350 e. The topological polar surface area (TPSA) is 78.5 Å². The van der Waals surface area contributed by atoms with Crippen LogP contribution in [0.4, 0.5) is 18.9 Å². The maximum Gasteiger partial charge on any atom is 0.416 e. The quantitative estimate of drug-likeness (QED) is 0.780. The second kappa shape index (κ2) is 7.37. The van der Waals surface area contributed by atoms with E-state index in [4.69, 9.17) is 0 Å². The Labute approximate surface area is 141 Å². The van der Waals surface area contributed by atoms with E-state index in [1.165, 1.54) is 17.0 Å². The molecule has 0 bridgehead atoms. The Morgan fingerprint density at radius 2 is 2.08 bits per heavy atom. The number of anilines is 1. The first-order valence-electron chi connectivity index (χ1n) is 7.38. The third-order valence-corrected chi connectivity index (χ3v) is 3.58. The van der Waals surface area contributed by atoms with Crippen LogP contribution in [-0.4, -0.2) is 36.9 Å². The van der Waals surface area contributed by atoms with Gasteiger partial charge in [0.05, 0.1) is 18.2 Å². The van der Waals surface area contributed by atoms with Crippen molar-refractivity contribution >= 4 is 23.4 Å². The molecule has 1 aromatic rings. The molecule has 0 saturated carbocycles. The van der Waals surface area contributed by atoms with Crippen LogP contribution in [0, 0.1) is 0 Å². The third-order valence-electron chi connectivity index (χ3n) is 3.58. The van der Waals surface area contributed by atoms with Gasteiger partial charge in [-0.2, -0.15) is 13.2 Å². The Hall–Kier alpha value is -2.84. The van der Waals surface area contributed by atoms with E-state index in [0.29, 0.717) is 0 Å². The molecule has 0 radical (unpaired) electrons. The van der Waals surface area contributed by atoms with Crippen molar-refractivity contribution in [2.45, 2.75) is 18.6 Å². The lowest BCUT2D eigenvalue weighted by Crippen LogP contribution is -2.42. The van der Waals surface area contributed by atoms with Crippen LogP contribution in [0.2, 0.25) is 0 Å². The molecule has 1 aliphatic heterocycles. The predicted molar refractivity (Wildman–Crippen MR) is 83.6 cm³/mol. The van der Waals surface area contributed by atoms with Crippen molar-refractivity contribution in [3.63, 3.8) is 0 Å². The molecule has 1 aliphatic rings. The van der Waals surface area contributed by atoms with E-state index >= 15 is 0 Å². The summed E-state index contributed by atoms with van der Waals surface area (Å²) in [4.78, 5) is 36.0. The number of alkyl halides is 3.